The fourth-order valence-corrected chi connectivity index (χ4v) is 3.45. The highest BCUT2D eigenvalue weighted by atomic mass is 35.5. The molecule has 4 rings (SSSR count). The van der Waals surface area contributed by atoms with Gasteiger partial charge in [0.1, 0.15) is 5.82 Å². The molecule has 1 atom stereocenters. The molecule has 0 aliphatic rings. The Morgan fingerprint density at radius 2 is 1.86 bits per heavy atom. The second-order valence-electron chi connectivity index (χ2n) is 6.52. The maximum absolute atomic E-state index is 13.5. The molecule has 0 saturated carbocycles. The number of carboxylic acids is 1. The lowest BCUT2D eigenvalue weighted by Crippen LogP contribution is -2.16. The monoisotopic (exact) mass is 411 g/mol. The molecule has 2 heterocycles. The number of fused-ring (bicyclic) bond motifs is 1. The van der Waals surface area contributed by atoms with E-state index >= 15 is 0 Å². The fourth-order valence-electron chi connectivity index (χ4n) is 3.26. The van der Waals surface area contributed by atoms with Crippen molar-refractivity contribution >= 4 is 23.2 Å². The third kappa shape index (κ3) is 3.46. The van der Waals surface area contributed by atoms with Crippen molar-refractivity contribution in [1.82, 2.24) is 14.6 Å². The standard InChI is InChI=1S/C21H15ClFN3O3/c1-11-18(20(27)21(28)29)19(12-5-7-15(23)8-6-12)26-17(24-11)10-16(25-26)13-3-2-4-14(22)9-13/h2-10,20,27H,1H3,(H,28,29). The van der Waals surface area contributed by atoms with Crippen molar-refractivity contribution < 1.29 is 19.4 Å². The van der Waals surface area contributed by atoms with E-state index in [1.165, 1.54) is 28.8 Å². The third-order valence-corrected chi connectivity index (χ3v) is 4.81. The summed E-state index contributed by atoms with van der Waals surface area (Å²) in [7, 11) is 0. The molecule has 0 aliphatic carbocycles. The number of hydrogen-bond donors (Lipinski definition) is 2. The van der Waals surface area contributed by atoms with E-state index in [1.807, 2.05) is 6.07 Å². The molecule has 0 fully saturated rings. The molecule has 2 aromatic heterocycles. The van der Waals surface area contributed by atoms with Gasteiger partial charge in [0.15, 0.2) is 11.8 Å². The van der Waals surface area contributed by atoms with Gasteiger partial charge in [-0.3, -0.25) is 0 Å². The number of benzene rings is 2. The number of halogens is 2. The van der Waals surface area contributed by atoms with Gasteiger partial charge in [-0.15, -0.1) is 0 Å². The van der Waals surface area contributed by atoms with Crippen LogP contribution in [0.3, 0.4) is 0 Å². The molecular weight excluding hydrogens is 397 g/mol. The summed E-state index contributed by atoms with van der Waals surface area (Å²) in [6.07, 6.45) is -1.81. The maximum atomic E-state index is 13.5. The Morgan fingerprint density at radius 1 is 1.14 bits per heavy atom. The Bertz CT molecular complexity index is 1240. The van der Waals surface area contributed by atoms with Crippen LogP contribution < -0.4 is 0 Å². The number of aryl methyl sites for hydroxylation is 1. The van der Waals surface area contributed by atoms with Gasteiger partial charge < -0.3 is 10.2 Å². The van der Waals surface area contributed by atoms with Crippen molar-refractivity contribution in [2.45, 2.75) is 13.0 Å². The topological polar surface area (TPSA) is 87.7 Å². The molecule has 2 aromatic carbocycles. The van der Waals surface area contributed by atoms with Crippen LogP contribution in [-0.4, -0.2) is 30.8 Å². The molecule has 29 heavy (non-hydrogen) atoms. The quantitative estimate of drug-likeness (QED) is 0.523. The van der Waals surface area contributed by atoms with Gasteiger partial charge in [0, 0.05) is 33.5 Å². The summed E-state index contributed by atoms with van der Waals surface area (Å²) in [6, 6.07) is 14.4. The van der Waals surface area contributed by atoms with Crippen LogP contribution in [0.15, 0.2) is 54.6 Å². The van der Waals surface area contributed by atoms with E-state index in [0.717, 1.165) is 5.56 Å². The van der Waals surface area contributed by atoms with E-state index in [2.05, 4.69) is 10.1 Å². The first-order valence-electron chi connectivity index (χ1n) is 8.68. The van der Waals surface area contributed by atoms with Gasteiger partial charge >= 0.3 is 5.97 Å². The van der Waals surface area contributed by atoms with Crippen LogP contribution in [0.25, 0.3) is 28.2 Å². The van der Waals surface area contributed by atoms with Crippen molar-refractivity contribution in [1.29, 1.82) is 0 Å². The second-order valence-corrected chi connectivity index (χ2v) is 6.95. The van der Waals surface area contributed by atoms with Gasteiger partial charge in [0.25, 0.3) is 0 Å². The van der Waals surface area contributed by atoms with Crippen molar-refractivity contribution in [3.8, 4) is 22.5 Å². The Hall–Kier alpha value is -3.29. The van der Waals surface area contributed by atoms with Crippen LogP contribution in [0.2, 0.25) is 5.02 Å². The zero-order chi connectivity index (χ0) is 20.7. The highest BCUT2D eigenvalue weighted by Gasteiger charge is 2.27. The number of aliphatic carboxylic acids is 1. The minimum atomic E-state index is -1.81. The average molecular weight is 412 g/mol. The summed E-state index contributed by atoms with van der Waals surface area (Å²) >= 11 is 6.08. The van der Waals surface area contributed by atoms with Crippen LogP contribution in [0.1, 0.15) is 17.4 Å². The maximum Gasteiger partial charge on any atom is 0.337 e. The minimum Gasteiger partial charge on any atom is -0.479 e. The molecule has 0 bridgehead atoms. The van der Waals surface area contributed by atoms with E-state index in [9.17, 15) is 19.4 Å². The van der Waals surface area contributed by atoms with Gasteiger partial charge in [-0.05, 0) is 43.3 Å². The number of rotatable bonds is 4. The van der Waals surface area contributed by atoms with Gasteiger partial charge in [-0.25, -0.2) is 18.7 Å². The summed E-state index contributed by atoms with van der Waals surface area (Å²) in [5.74, 6) is -1.85. The Labute approximate surface area is 169 Å². The van der Waals surface area contributed by atoms with E-state index in [1.54, 1.807) is 31.2 Å². The van der Waals surface area contributed by atoms with E-state index < -0.39 is 17.9 Å². The lowest BCUT2D eigenvalue weighted by Gasteiger charge is -2.16. The molecule has 4 aromatic rings. The summed E-state index contributed by atoms with van der Waals surface area (Å²) < 4.78 is 14.9. The number of aromatic nitrogens is 3. The first-order chi connectivity index (χ1) is 13.8. The van der Waals surface area contributed by atoms with E-state index in [-0.39, 0.29) is 5.56 Å². The van der Waals surface area contributed by atoms with Crippen LogP contribution >= 0.6 is 11.6 Å². The Kier molecular flexibility index (Phi) is 4.77. The summed E-state index contributed by atoms with van der Waals surface area (Å²) in [5.41, 5.74) is 3.05. The second kappa shape index (κ2) is 7.27. The lowest BCUT2D eigenvalue weighted by molar-refractivity contribution is -0.147. The van der Waals surface area contributed by atoms with Crippen LogP contribution in [0, 0.1) is 12.7 Å². The van der Waals surface area contributed by atoms with Crippen LogP contribution in [-0.2, 0) is 4.79 Å². The molecule has 146 valence electrons. The smallest absolute Gasteiger partial charge is 0.337 e. The van der Waals surface area contributed by atoms with Crippen LogP contribution in [0.4, 0.5) is 4.39 Å². The predicted molar refractivity (Wildman–Crippen MR) is 106 cm³/mol. The Balaban J connectivity index is 2.04. The van der Waals surface area contributed by atoms with E-state index in [4.69, 9.17) is 11.6 Å². The molecule has 0 spiro atoms. The highest BCUT2D eigenvalue weighted by molar-refractivity contribution is 6.30. The molecule has 8 heteroatoms. The third-order valence-electron chi connectivity index (χ3n) is 4.57. The van der Waals surface area contributed by atoms with Gasteiger partial charge in [0.05, 0.1) is 11.4 Å². The fraction of sp³-hybridized carbons (Fsp3) is 0.0952. The molecular formula is C21H15ClFN3O3. The first-order valence-corrected chi connectivity index (χ1v) is 9.06. The number of aliphatic hydroxyl groups is 1. The zero-order valence-corrected chi connectivity index (χ0v) is 15.9. The minimum absolute atomic E-state index is 0.0948. The van der Waals surface area contributed by atoms with E-state index in [0.29, 0.717) is 33.3 Å². The highest BCUT2D eigenvalue weighted by Crippen LogP contribution is 2.33. The first kappa shape index (κ1) is 19.0. The number of carbonyl (C=O) groups is 1. The van der Waals surface area contributed by atoms with Gasteiger partial charge in [-0.1, -0.05) is 23.7 Å². The Morgan fingerprint density at radius 3 is 2.52 bits per heavy atom. The van der Waals surface area contributed by atoms with Crippen molar-refractivity contribution in [2.24, 2.45) is 0 Å². The zero-order valence-electron chi connectivity index (χ0n) is 15.2. The van der Waals surface area contributed by atoms with Crippen molar-refractivity contribution in [3.63, 3.8) is 0 Å². The SMILES string of the molecule is Cc1nc2cc(-c3cccc(Cl)c3)nn2c(-c2ccc(F)cc2)c1C(O)C(=O)O. The lowest BCUT2D eigenvalue weighted by atomic mass is 10.00. The number of nitrogens with zero attached hydrogens (tertiary/aromatic N) is 3. The molecule has 1 unspecified atom stereocenters. The molecule has 0 aliphatic heterocycles. The van der Waals surface area contributed by atoms with Crippen LogP contribution in [0.5, 0.6) is 0 Å². The molecule has 2 N–H and O–H groups in total. The summed E-state index contributed by atoms with van der Waals surface area (Å²) in [4.78, 5) is 15.9. The van der Waals surface area contributed by atoms with Crippen molar-refractivity contribution in [2.75, 3.05) is 0 Å². The normalized spacial score (nSPS) is 12.3. The van der Waals surface area contributed by atoms with Crippen molar-refractivity contribution in [3.05, 3.63) is 76.7 Å². The average Bonchev–Trinajstić information content (AvgIpc) is 3.10. The number of hydrogen-bond acceptors (Lipinski definition) is 4. The largest absolute Gasteiger partial charge is 0.479 e. The summed E-state index contributed by atoms with van der Waals surface area (Å²) in [6.45, 7) is 1.61. The van der Waals surface area contributed by atoms with Gasteiger partial charge in [-0.2, -0.15) is 5.10 Å². The summed E-state index contributed by atoms with van der Waals surface area (Å²) in [5, 5.41) is 24.8. The molecule has 0 radical (unpaired) electrons. The predicted octanol–water partition coefficient (Wildman–Crippen LogP) is 4.28. The number of aliphatic hydroxyl groups excluding tert-OH is 1. The molecule has 0 saturated heterocycles. The molecule has 0 amide bonds. The number of carboxylic acid groups (broad SMARTS) is 1. The van der Waals surface area contributed by atoms with Gasteiger partial charge in [0.2, 0.25) is 0 Å². The molecule has 6 nitrogen and oxygen atoms in total.